The highest BCUT2D eigenvalue weighted by atomic mass is 16.5. The average Bonchev–Trinajstić information content (AvgIpc) is 2.46. The van der Waals surface area contributed by atoms with Gasteiger partial charge in [-0.15, -0.1) is 6.42 Å². The fraction of sp³-hybridized carbons (Fsp3) is 0.167. The minimum atomic E-state index is 0.275. The first-order valence-corrected chi connectivity index (χ1v) is 6.46. The summed E-state index contributed by atoms with van der Waals surface area (Å²) in [4.78, 5) is 4.54. The lowest BCUT2D eigenvalue weighted by Gasteiger charge is -2.03. The van der Waals surface area contributed by atoms with E-state index in [2.05, 4.69) is 43.0 Å². The van der Waals surface area contributed by atoms with E-state index in [9.17, 15) is 0 Å². The first kappa shape index (κ1) is 13.9. The Morgan fingerprint density at radius 2 is 2.05 bits per heavy atom. The molecular formula is C18H17NO. The lowest BCUT2D eigenvalue weighted by atomic mass is 10.1. The molecule has 100 valence electrons. The van der Waals surface area contributed by atoms with Crippen LogP contribution in [0.4, 0.5) is 5.69 Å². The molecular weight excluding hydrogens is 246 g/mol. The second-order valence-electron chi connectivity index (χ2n) is 4.61. The number of ether oxygens (including phenoxy) is 1. The quantitative estimate of drug-likeness (QED) is 0.602. The third-order valence-corrected chi connectivity index (χ3v) is 2.90. The Morgan fingerprint density at radius 1 is 1.20 bits per heavy atom. The largest absolute Gasteiger partial charge is 0.481 e. The third kappa shape index (κ3) is 3.73. The summed E-state index contributed by atoms with van der Waals surface area (Å²) in [5, 5.41) is 0. The van der Waals surface area contributed by atoms with Crippen LogP contribution in [0.15, 0.2) is 47.5 Å². The van der Waals surface area contributed by atoms with Crippen LogP contribution in [0, 0.1) is 26.2 Å². The summed E-state index contributed by atoms with van der Waals surface area (Å²) in [6.07, 6.45) is 7.02. The second-order valence-corrected chi connectivity index (χ2v) is 4.61. The van der Waals surface area contributed by atoms with Crippen molar-refractivity contribution in [1.82, 2.24) is 0 Å². The van der Waals surface area contributed by atoms with Gasteiger partial charge in [0.1, 0.15) is 12.4 Å². The molecule has 0 amide bonds. The minimum Gasteiger partial charge on any atom is -0.481 e. The van der Waals surface area contributed by atoms with Crippen LogP contribution in [0.25, 0.3) is 0 Å². The zero-order valence-electron chi connectivity index (χ0n) is 11.8. The number of rotatable bonds is 4. The van der Waals surface area contributed by atoms with Gasteiger partial charge in [0.25, 0.3) is 0 Å². The molecule has 0 fully saturated rings. The maximum Gasteiger partial charge on any atom is 0.148 e. The van der Waals surface area contributed by atoms with Gasteiger partial charge in [-0.2, -0.15) is 0 Å². The molecule has 0 aliphatic carbocycles. The van der Waals surface area contributed by atoms with Gasteiger partial charge in [0, 0.05) is 6.21 Å². The first-order chi connectivity index (χ1) is 9.69. The number of hydrogen-bond acceptors (Lipinski definition) is 2. The summed E-state index contributed by atoms with van der Waals surface area (Å²) in [5.41, 5.74) is 4.33. The highest BCUT2D eigenvalue weighted by Gasteiger charge is 1.97. The zero-order chi connectivity index (χ0) is 14.4. The van der Waals surface area contributed by atoms with Crippen LogP contribution in [0.3, 0.4) is 0 Å². The molecule has 0 aliphatic heterocycles. The molecule has 0 heterocycles. The normalized spacial score (nSPS) is 10.4. The molecule has 20 heavy (non-hydrogen) atoms. The molecule has 0 unspecified atom stereocenters. The molecule has 0 aliphatic rings. The van der Waals surface area contributed by atoms with E-state index in [1.807, 2.05) is 30.5 Å². The SMILES string of the molecule is C#CCOc1cccc(C=Nc2cc(C)ccc2C)c1. The molecule has 0 N–H and O–H groups in total. The van der Waals surface area contributed by atoms with Crippen LogP contribution in [0.2, 0.25) is 0 Å². The highest BCUT2D eigenvalue weighted by Crippen LogP contribution is 2.20. The van der Waals surface area contributed by atoms with Gasteiger partial charge in [0.15, 0.2) is 0 Å². The van der Waals surface area contributed by atoms with Gasteiger partial charge >= 0.3 is 0 Å². The van der Waals surface area contributed by atoms with Crippen molar-refractivity contribution in [3.8, 4) is 18.1 Å². The number of hydrogen-bond donors (Lipinski definition) is 0. The van der Waals surface area contributed by atoms with Crippen LogP contribution in [0.1, 0.15) is 16.7 Å². The fourth-order valence-corrected chi connectivity index (χ4v) is 1.81. The Hall–Kier alpha value is -2.53. The maximum atomic E-state index is 5.39. The van der Waals surface area contributed by atoms with Crippen molar-refractivity contribution in [1.29, 1.82) is 0 Å². The molecule has 0 radical (unpaired) electrons. The van der Waals surface area contributed by atoms with Crippen LogP contribution in [-0.2, 0) is 0 Å². The second kappa shape index (κ2) is 6.58. The van der Waals surface area contributed by atoms with Crippen molar-refractivity contribution in [2.45, 2.75) is 13.8 Å². The molecule has 2 aromatic carbocycles. The molecule has 0 saturated carbocycles. The van der Waals surface area contributed by atoms with Crippen molar-refractivity contribution in [3.63, 3.8) is 0 Å². The Balaban J connectivity index is 2.19. The molecule has 0 aromatic heterocycles. The first-order valence-electron chi connectivity index (χ1n) is 6.46. The third-order valence-electron chi connectivity index (χ3n) is 2.90. The fourth-order valence-electron chi connectivity index (χ4n) is 1.81. The number of nitrogens with zero attached hydrogens (tertiary/aromatic N) is 1. The van der Waals surface area contributed by atoms with Gasteiger partial charge in [-0.05, 0) is 48.7 Å². The summed E-state index contributed by atoms with van der Waals surface area (Å²) < 4.78 is 5.39. The maximum absolute atomic E-state index is 5.39. The van der Waals surface area contributed by atoms with Crippen molar-refractivity contribution in [2.24, 2.45) is 4.99 Å². The van der Waals surface area contributed by atoms with Gasteiger partial charge < -0.3 is 4.74 Å². The molecule has 2 rings (SSSR count). The summed E-state index contributed by atoms with van der Waals surface area (Å²) in [6.45, 7) is 4.39. The number of aryl methyl sites for hydroxylation is 2. The Morgan fingerprint density at radius 3 is 2.85 bits per heavy atom. The van der Waals surface area contributed by atoms with E-state index in [-0.39, 0.29) is 6.61 Å². The molecule has 2 heteroatoms. The molecule has 0 spiro atoms. The molecule has 2 aromatic rings. The molecule has 0 saturated heterocycles. The molecule has 2 nitrogen and oxygen atoms in total. The number of terminal acetylenes is 1. The average molecular weight is 263 g/mol. The van der Waals surface area contributed by atoms with E-state index in [0.29, 0.717) is 0 Å². The summed E-state index contributed by atoms with van der Waals surface area (Å²) in [5.74, 6) is 3.21. The van der Waals surface area contributed by atoms with Crippen molar-refractivity contribution >= 4 is 11.9 Å². The van der Waals surface area contributed by atoms with E-state index in [4.69, 9.17) is 11.2 Å². The Labute approximate surface area is 120 Å². The molecule has 0 bridgehead atoms. The van der Waals surface area contributed by atoms with Crippen molar-refractivity contribution in [2.75, 3.05) is 6.61 Å². The summed E-state index contributed by atoms with van der Waals surface area (Å²) in [7, 11) is 0. The van der Waals surface area contributed by atoms with Crippen LogP contribution in [-0.4, -0.2) is 12.8 Å². The smallest absolute Gasteiger partial charge is 0.148 e. The standard InChI is InChI=1S/C18H17NO/c1-4-10-20-17-7-5-6-16(12-17)13-19-18-11-14(2)8-9-15(18)3/h1,5-9,11-13H,10H2,2-3H3. The topological polar surface area (TPSA) is 21.6 Å². The van der Waals surface area contributed by atoms with E-state index >= 15 is 0 Å². The van der Waals surface area contributed by atoms with Crippen molar-refractivity contribution in [3.05, 3.63) is 59.2 Å². The summed E-state index contributed by atoms with van der Waals surface area (Å²) in [6, 6.07) is 14.0. The number of benzene rings is 2. The lowest BCUT2D eigenvalue weighted by Crippen LogP contribution is -1.93. The highest BCUT2D eigenvalue weighted by molar-refractivity contribution is 5.82. The molecule has 0 atom stereocenters. The van der Waals surface area contributed by atoms with Gasteiger partial charge in [-0.3, -0.25) is 4.99 Å². The van der Waals surface area contributed by atoms with Crippen LogP contribution < -0.4 is 4.74 Å². The van der Waals surface area contributed by atoms with E-state index in [1.54, 1.807) is 0 Å². The Kier molecular flexibility index (Phi) is 4.57. The summed E-state index contributed by atoms with van der Waals surface area (Å²) >= 11 is 0. The van der Waals surface area contributed by atoms with Gasteiger partial charge in [-0.25, -0.2) is 0 Å². The Bertz CT molecular complexity index is 665. The van der Waals surface area contributed by atoms with Gasteiger partial charge in [-0.1, -0.05) is 30.2 Å². The van der Waals surface area contributed by atoms with Crippen LogP contribution >= 0.6 is 0 Å². The van der Waals surface area contributed by atoms with Gasteiger partial charge in [0.2, 0.25) is 0 Å². The van der Waals surface area contributed by atoms with Crippen LogP contribution in [0.5, 0.6) is 5.75 Å². The predicted octanol–water partition coefficient (Wildman–Crippen LogP) is 4.07. The predicted molar refractivity (Wildman–Crippen MR) is 83.9 cm³/mol. The number of aliphatic imine (C=N–C) groups is 1. The minimum absolute atomic E-state index is 0.275. The van der Waals surface area contributed by atoms with Crippen molar-refractivity contribution < 1.29 is 4.74 Å². The monoisotopic (exact) mass is 263 g/mol. The van der Waals surface area contributed by atoms with E-state index in [1.165, 1.54) is 5.56 Å². The van der Waals surface area contributed by atoms with Gasteiger partial charge in [0.05, 0.1) is 5.69 Å². The van der Waals surface area contributed by atoms with E-state index in [0.717, 1.165) is 22.6 Å². The van der Waals surface area contributed by atoms with E-state index < -0.39 is 0 Å². The zero-order valence-corrected chi connectivity index (χ0v) is 11.8. The lowest BCUT2D eigenvalue weighted by molar-refractivity contribution is 0.370.